The van der Waals surface area contributed by atoms with Gasteiger partial charge in [-0.05, 0) is 49.1 Å². The van der Waals surface area contributed by atoms with Crippen LogP contribution in [0.2, 0.25) is 0 Å². The molecule has 0 aliphatic carbocycles. The van der Waals surface area contributed by atoms with E-state index in [9.17, 15) is 13.2 Å². The first-order valence-electron chi connectivity index (χ1n) is 6.67. The third-order valence-electron chi connectivity index (χ3n) is 3.90. The minimum absolute atomic E-state index is 0.0840. The fourth-order valence-corrected chi connectivity index (χ4v) is 2.40. The van der Waals surface area contributed by atoms with Crippen molar-refractivity contribution in [3.8, 4) is 0 Å². The second-order valence-corrected chi connectivity index (χ2v) is 5.54. The van der Waals surface area contributed by atoms with Gasteiger partial charge in [0.2, 0.25) is 0 Å². The first-order chi connectivity index (χ1) is 9.64. The van der Waals surface area contributed by atoms with Gasteiger partial charge >= 0.3 is 6.18 Å². The van der Waals surface area contributed by atoms with Crippen molar-refractivity contribution in [1.29, 1.82) is 0 Å². The molecule has 0 radical (unpaired) electrons. The molecule has 0 saturated carbocycles. The molecular weight excluding hydrogens is 275 g/mol. The number of alkyl halides is 3. The van der Waals surface area contributed by atoms with E-state index >= 15 is 0 Å². The smallest absolute Gasteiger partial charge is 0.318 e. The number of benzene rings is 2. The van der Waals surface area contributed by atoms with Gasteiger partial charge in [-0.3, -0.25) is 0 Å². The topological polar surface area (TPSA) is 26.0 Å². The lowest BCUT2D eigenvalue weighted by atomic mass is 9.82. The van der Waals surface area contributed by atoms with Crippen molar-refractivity contribution in [2.24, 2.45) is 5.73 Å². The molecule has 1 atom stereocenters. The first-order valence-corrected chi connectivity index (χ1v) is 6.67. The Balaban J connectivity index is 2.61. The average molecular weight is 293 g/mol. The van der Waals surface area contributed by atoms with Crippen molar-refractivity contribution >= 4 is 0 Å². The summed E-state index contributed by atoms with van der Waals surface area (Å²) in [4.78, 5) is 0. The van der Waals surface area contributed by atoms with Crippen LogP contribution in [-0.4, -0.2) is 0 Å². The van der Waals surface area contributed by atoms with E-state index < -0.39 is 17.3 Å². The van der Waals surface area contributed by atoms with Crippen molar-refractivity contribution in [2.45, 2.75) is 32.5 Å². The number of nitrogens with two attached hydrogens (primary N) is 1. The van der Waals surface area contributed by atoms with E-state index in [1.54, 1.807) is 19.1 Å². The monoisotopic (exact) mass is 293 g/mol. The van der Waals surface area contributed by atoms with Crippen molar-refractivity contribution in [3.05, 3.63) is 70.3 Å². The van der Waals surface area contributed by atoms with Crippen LogP contribution in [0.1, 0.15) is 34.7 Å². The van der Waals surface area contributed by atoms with Crippen LogP contribution in [0.25, 0.3) is 0 Å². The maximum absolute atomic E-state index is 13.2. The SMILES string of the molecule is Cc1ccc(C(C)(N)c2ccccc2C(F)(F)F)cc1C. The molecular formula is C17H18F3N. The zero-order chi connectivity index (χ0) is 15.8. The van der Waals surface area contributed by atoms with E-state index in [0.29, 0.717) is 5.56 Å². The molecule has 2 N–H and O–H groups in total. The molecule has 0 amide bonds. The summed E-state index contributed by atoms with van der Waals surface area (Å²) >= 11 is 0. The van der Waals surface area contributed by atoms with Gasteiger partial charge in [0.05, 0.1) is 11.1 Å². The van der Waals surface area contributed by atoms with E-state index in [2.05, 4.69) is 0 Å². The molecule has 0 aliphatic rings. The minimum atomic E-state index is -4.42. The molecule has 0 heterocycles. The molecule has 0 aromatic heterocycles. The van der Waals surface area contributed by atoms with E-state index in [1.807, 2.05) is 26.0 Å². The van der Waals surface area contributed by atoms with Gasteiger partial charge in [0.15, 0.2) is 0 Å². The second-order valence-electron chi connectivity index (χ2n) is 5.54. The molecule has 0 fully saturated rings. The van der Waals surface area contributed by atoms with Gasteiger partial charge in [-0.1, -0.05) is 36.4 Å². The minimum Gasteiger partial charge on any atom is -0.318 e. The summed E-state index contributed by atoms with van der Waals surface area (Å²) in [5.74, 6) is 0. The molecule has 112 valence electrons. The van der Waals surface area contributed by atoms with Gasteiger partial charge in [0.1, 0.15) is 0 Å². The number of halogens is 3. The standard InChI is InChI=1S/C17H18F3N/c1-11-8-9-13(10-12(11)2)16(3,21)14-6-4-5-7-15(14)17(18,19)20/h4-10H,21H2,1-3H3. The summed E-state index contributed by atoms with van der Waals surface area (Å²) < 4.78 is 39.5. The Morgan fingerprint density at radius 2 is 1.43 bits per heavy atom. The highest BCUT2D eigenvalue weighted by atomic mass is 19.4. The Kier molecular flexibility index (Phi) is 3.85. The highest BCUT2D eigenvalue weighted by molar-refractivity contribution is 5.45. The van der Waals surface area contributed by atoms with E-state index in [1.165, 1.54) is 12.1 Å². The van der Waals surface area contributed by atoms with Crippen LogP contribution in [0.3, 0.4) is 0 Å². The third-order valence-corrected chi connectivity index (χ3v) is 3.90. The lowest BCUT2D eigenvalue weighted by molar-refractivity contribution is -0.138. The van der Waals surface area contributed by atoms with Crippen LogP contribution in [0.15, 0.2) is 42.5 Å². The number of hydrogen-bond acceptors (Lipinski definition) is 1. The highest BCUT2D eigenvalue weighted by Crippen LogP contribution is 2.38. The predicted molar refractivity (Wildman–Crippen MR) is 78.0 cm³/mol. The van der Waals surface area contributed by atoms with E-state index in [0.717, 1.165) is 17.2 Å². The van der Waals surface area contributed by atoms with Gasteiger partial charge < -0.3 is 5.73 Å². The van der Waals surface area contributed by atoms with Crippen molar-refractivity contribution in [2.75, 3.05) is 0 Å². The molecule has 4 heteroatoms. The molecule has 0 aliphatic heterocycles. The summed E-state index contributed by atoms with van der Waals surface area (Å²) in [6.45, 7) is 5.49. The second kappa shape index (κ2) is 5.19. The molecule has 2 aromatic rings. The third kappa shape index (κ3) is 2.95. The fourth-order valence-electron chi connectivity index (χ4n) is 2.40. The Hall–Kier alpha value is -1.81. The molecule has 0 saturated heterocycles. The van der Waals surface area contributed by atoms with Gasteiger partial charge in [-0.15, -0.1) is 0 Å². The highest BCUT2D eigenvalue weighted by Gasteiger charge is 2.38. The quantitative estimate of drug-likeness (QED) is 0.864. The molecule has 1 nitrogen and oxygen atoms in total. The van der Waals surface area contributed by atoms with Gasteiger partial charge in [0, 0.05) is 0 Å². The largest absolute Gasteiger partial charge is 0.416 e. The van der Waals surface area contributed by atoms with Gasteiger partial charge in [-0.2, -0.15) is 13.2 Å². The summed E-state index contributed by atoms with van der Waals surface area (Å²) in [6, 6.07) is 11.0. The summed E-state index contributed by atoms with van der Waals surface area (Å²) in [5.41, 5.74) is 7.23. The first kappa shape index (κ1) is 15.6. The van der Waals surface area contributed by atoms with Crippen LogP contribution >= 0.6 is 0 Å². The van der Waals surface area contributed by atoms with Crippen LogP contribution in [0.5, 0.6) is 0 Å². The zero-order valence-electron chi connectivity index (χ0n) is 12.3. The summed E-state index contributed by atoms with van der Waals surface area (Å²) in [5, 5.41) is 0. The number of hydrogen-bond donors (Lipinski definition) is 1. The predicted octanol–water partition coefficient (Wildman–Crippen LogP) is 4.54. The Morgan fingerprint density at radius 3 is 1.95 bits per heavy atom. The van der Waals surface area contributed by atoms with Crippen molar-refractivity contribution in [3.63, 3.8) is 0 Å². The molecule has 1 unspecified atom stereocenters. The number of rotatable bonds is 2. The normalized spacial score (nSPS) is 14.8. The number of aryl methyl sites for hydroxylation is 2. The lowest BCUT2D eigenvalue weighted by Crippen LogP contribution is -2.36. The fraction of sp³-hybridized carbons (Fsp3) is 0.294. The van der Waals surface area contributed by atoms with Crippen molar-refractivity contribution in [1.82, 2.24) is 0 Å². The average Bonchev–Trinajstić information content (AvgIpc) is 2.41. The summed E-state index contributed by atoms with van der Waals surface area (Å²) in [7, 11) is 0. The van der Waals surface area contributed by atoms with Crippen LogP contribution < -0.4 is 5.73 Å². The molecule has 21 heavy (non-hydrogen) atoms. The maximum atomic E-state index is 13.2. The van der Waals surface area contributed by atoms with Crippen LogP contribution in [0.4, 0.5) is 13.2 Å². The molecule has 0 bridgehead atoms. The zero-order valence-corrected chi connectivity index (χ0v) is 12.3. The van der Waals surface area contributed by atoms with E-state index in [-0.39, 0.29) is 5.56 Å². The Morgan fingerprint density at radius 1 is 0.857 bits per heavy atom. The molecule has 0 spiro atoms. The van der Waals surface area contributed by atoms with Crippen LogP contribution in [-0.2, 0) is 11.7 Å². The lowest BCUT2D eigenvalue weighted by Gasteiger charge is -2.29. The summed E-state index contributed by atoms with van der Waals surface area (Å²) in [6.07, 6.45) is -4.42. The van der Waals surface area contributed by atoms with Crippen molar-refractivity contribution < 1.29 is 13.2 Å². The maximum Gasteiger partial charge on any atom is 0.416 e. The van der Waals surface area contributed by atoms with E-state index in [4.69, 9.17) is 5.73 Å². The molecule has 2 rings (SSSR count). The Labute approximate surface area is 122 Å². The molecule has 2 aromatic carbocycles. The van der Waals surface area contributed by atoms with Gasteiger partial charge in [-0.25, -0.2) is 0 Å². The Bertz CT molecular complexity index is 657. The van der Waals surface area contributed by atoms with Crippen LogP contribution in [0, 0.1) is 13.8 Å². The van der Waals surface area contributed by atoms with Gasteiger partial charge in [0.25, 0.3) is 0 Å².